The quantitative estimate of drug-likeness (QED) is 0.539. The lowest BCUT2D eigenvalue weighted by molar-refractivity contribution is 0.0468. The van der Waals surface area contributed by atoms with E-state index >= 15 is 0 Å². The predicted octanol–water partition coefficient (Wildman–Crippen LogP) is 4.59. The number of ether oxygens (including phenoxy) is 1. The summed E-state index contributed by atoms with van der Waals surface area (Å²) < 4.78 is 46.7. The molecular formula is C22H17ClFNO4S. The number of anilines is 1. The fourth-order valence-corrected chi connectivity index (χ4v) is 5.35. The van der Waals surface area contributed by atoms with E-state index in [0.717, 1.165) is 5.56 Å². The predicted molar refractivity (Wildman–Crippen MR) is 112 cm³/mol. The molecule has 3 aromatic rings. The van der Waals surface area contributed by atoms with Crippen LogP contribution in [-0.2, 0) is 27.8 Å². The molecule has 0 fully saturated rings. The molecule has 5 nitrogen and oxygen atoms in total. The van der Waals surface area contributed by atoms with Crippen molar-refractivity contribution in [1.29, 1.82) is 0 Å². The average molecular weight is 446 g/mol. The van der Waals surface area contributed by atoms with Crippen LogP contribution >= 0.6 is 11.6 Å². The molecule has 0 atom stereocenters. The van der Waals surface area contributed by atoms with E-state index in [1.165, 1.54) is 40.7 Å². The molecule has 30 heavy (non-hydrogen) atoms. The highest BCUT2D eigenvalue weighted by Gasteiger charge is 2.32. The third-order valence-corrected chi connectivity index (χ3v) is 7.19. The first kappa shape index (κ1) is 20.4. The van der Waals surface area contributed by atoms with Crippen LogP contribution in [0.4, 0.5) is 10.1 Å². The van der Waals surface area contributed by atoms with Gasteiger partial charge in [0.05, 0.1) is 16.3 Å². The number of hydrogen-bond donors (Lipinski definition) is 0. The van der Waals surface area contributed by atoms with Crippen molar-refractivity contribution in [3.8, 4) is 0 Å². The van der Waals surface area contributed by atoms with Crippen LogP contribution in [-0.4, -0.2) is 20.9 Å². The van der Waals surface area contributed by atoms with Crippen LogP contribution in [0.15, 0.2) is 71.6 Å². The van der Waals surface area contributed by atoms with Crippen molar-refractivity contribution < 1.29 is 22.3 Å². The van der Waals surface area contributed by atoms with Crippen molar-refractivity contribution in [2.75, 3.05) is 10.8 Å². The number of benzene rings is 3. The van der Waals surface area contributed by atoms with E-state index in [1.807, 2.05) is 12.1 Å². The smallest absolute Gasteiger partial charge is 0.338 e. The summed E-state index contributed by atoms with van der Waals surface area (Å²) in [5.74, 6) is -1.26. The highest BCUT2D eigenvalue weighted by atomic mass is 35.5. The molecule has 0 saturated carbocycles. The van der Waals surface area contributed by atoms with Gasteiger partial charge in [0.25, 0.3) is 10.0 Å². The second-order valence-corrected chi connectivity index (χ2v) is 9.01. The Bertz CT molecular complexity index is 1230. The SMILES string of the molecule is O=C(OCc1ccccc1F)c1ccc(Cl)c(S(=O)(=O)N2CCc3ccccc32)c1. The second kappa shape index (κ2) is 8.08. The number of esters is 1. The largest absolute Gasteiger partial charge is 0.457 e. The Labute approximate surface area is 178 Å². The third kappa shape index (κ3) is 3.78. The molecule has 0 N–H and O–H groups in total. The zero-order valence-corrected chi connectivity index (χ0v) is 17.3. The van der Waals surface area contributed by atoms with Crippen molar-refractivity contribution >= 4 is 33.3 Å². The molecule has 0 spiro atoms. The molecule has 154 valence electrons. The maximum absolute atomic E-state index is 13.7. The lowest BCUT2D eigenvalue weighted by Crippen LogP contribution is -2.29. The molecule has 4 rings (SSSR count). The Morgan fingerprint density at radius 2 is 1.80 bits per heavy atom. The number of halogens is 2. The van der Waals surface area contributed by atoms with Crippen molar-refractivity contribution in [1.82, 2.24) is 0 Å². The molecule has 8 heteroatoms. The molecule has 1 aliphatic heterocycles. The number of para-hydroxylation sites is 1. The van der Waals surface area contributed by atoms with Gasteiger partial charge in [-0.05, 0) is 42.3 Å². The molecule has 0 bridgehead atoms. The summed E-state index contributed by atoms with van der Waals surface area (Å²) in [6.07, 6.45) is 0.595. The Kier molecular flexibility index (Phi) is 5.49. The summed E-state index contributed by atoms with van der Waals surface area (Å²) in [6.45, 7) is 0.0235. The van der Waals surface area contributed by atoms with Crippen molar-refractivity contribution in [2.45, 2.75) is 17.9 Å². The molecule has 0 unspecified atom stereocenters. The number of fused-ring (bicyclic) bond motifs is 1. The van der Waals surface area contributed by atoms with Gasteiger partial charge in [0.2, 0.25) is 0 Å². The van der Waals surface area contributed by atoms with E-state index in [2.05, 4.69) is 0 Å². The van der Waals surface area contributed by atoms with Gasteiger partial charge in [-0.1, -0.05) is 48.0 Å². The van der Waals surface area contributed by atoms with Crippen LogP contribution in [0.5, 0.6) is 0 Å². The minimum Gasteiger partial charge on any atom is -0.457 e. The zero-order valence-electron chi connectivity index (χ0n) is 15.7. The summed E-state index contributed by atoms with van der Waals surface area (Å²) in [5, 5.41) is 0.00466. The minimum absolute atomic E-state index is 0.00466. The van der Waals surface area contributed by atoms with E-state index in [9.17, 15) is 17.6 Å². The number of nitrogens with zero attached hydrogens (tertiary/aromatic N) is 1. The fraction of sp³-hybridized carbons (Fsp3) is 0.136. The monoisotopic (exact) mass is 445 g/mol. The van der Waals surface area contributed by atoms with Crippen LogP contribution in [0, 0.1) is 5.82 Å². The van der Waals surface area contributed by atoms with E-state index in [-0.39, 0.29) is 27.7 Å². The molecule has 0 radical (unpaired) electrons. The van der Waals surface area contributed by atoms with Crippen LogP contribution < -0.4 is 4.31 Å². The van der Waals surface area contributed by atoms with E-state index in [0.29, 0.717) is 18.7 Å². The van der Waals surface area contributed by atoms with Gasteiger partial charge in [-0.3, -0.25) is 4.31 Å². The topological polar surface area (TPSA) is 63.7 Å². The zero-order chi connectivity index (χ0) is 21.3. The van der Waals surface area contributed by atoms with Crippen LogP contribution in [0.25, 0.3) is 0 Å². The first-order valence-corrected chi connectivity index (χ1v) is 11.0. The van der Waals surface area contributed by atoms with Gasteiger partial charge in [0.15, 0.2) is 0 Å². The lowest BCUT2D eigenvalue weighted by Gasteiger charge is -2.20. The van der Waals surface area contributed by atoms with Crippen LogP contribution in [0.2, 0.25) is 5.02 Å². The van der Waals surface area contributed by atoms with E-state index in [4.69, 9.17) is 16.3 Å². The molecule has 0 aliphatic carbocycles. The first-order chi connectivity index (χ1) is 14.4. The Hall–Kier alpha value is -2.90. The number of rotatable bonds is 5. The first-order valence-electron chi connectivity index (χ1n) is 9.18. The summed E-state index contributed by atoms with van der Waals surface area (Å²) in [6, 6.07) is 17.1. The fourth-order valence-electron chi connectivity index (χ4n) is 3.35. The summed E-state index contributed by atoms with van der Waals surface area (Å²) in [5.41, 5.74) is 1.77. The number of carbonyl (C=O) groups excluding carboxylic acids is 1. The maximum Gasteiger partial charge on any atom is 0.338 e. The summed E-state index contributed by atoms with van der Waals surface area (Å²) in [4.78, 5) is 12.3. The van der Waals surface area contributed by atoms with Crippen molar-refractivity contribution in [2.24, 2.45) is 0 Å². The Morgan fingerprint density at radius 1 is 1.07 bits per heavy atom. The van der Waals surface area contributed by atoms with Gasteiger partial charge in [0, 0.05) is 12.1 Å². The standard InChI is InChI=1S/C22H17ClFNO4S/c23-18-10-9-16(22(26)29-14-17-6-1-3-7-19(17)24)13-21(18)30(27,28)25-12-11-15-5-2-4-8-20(15)25/h1-10,13H,11-12,14H2. The Balaban J connectivity index is 1.60. The van der Waals surface area contributed by atoms with Gasteiger partial charge >= 0.3 is 5.97 Å². The van der Waals surface area contributed by atoms with Crippen molar-refractivity contribution in [3.63, 3.8) is 0 Å². The van der Waals surface area contributed by atoms with E-state index in [1.54, 1.807) is 18.2 Å². The normalized spacial score (nSPS) is 13.2. The molecule has 0 saturated heterocycles. The van der Waals surface area contributed by atoms with E-state index < -0.39 is 21.8 Å². The third-order valence-electron chi connectivity index (χ3n) is 4.90. The van der Waals surface area contributed by atoms with Crippen molar-refractivity contribution in [3.05, 3.63) is 94.3 Å². The summed E-state index contributed by atoms with van der Waals surface area (Å²) >= 11 is 6.18. The molecule has 1 heterocycles. The number of sulfonamides is 1. The van der Waals surface area contributed by atoms with Gasteiger partial charge in [-0.2, -0.15) is 0 Å². The van der Waals surface area contributed by atoms with Gasteiger partial charge in [-0.15, -0.1) is 0 Å². The second-order valence-electron chi connectivity index (χ2n) is 6.77. The van der Waals surface area contributed by atoms with Gasteiger partial charge < -0.3 is 4.74 Å². The molecule has 0 aromatic heterocycles. The summed E-state index contributed by atoms with van der Waals surface area (Å²) in [7, 11) is -3.98. The van der Waals surface area contributed by atoms with Crippen LogP contribution in [0.1, 0.15) is 21.5 Å². The number of carbonyl (C=O) groups is 1. The Morgan fingerprint density at radius 3 is 2.60 bits per heavy atom. The van der Waals surface area contributed by atoms with Gasteiger partial charge in [-0.25, -0.2) is 17.6 Å². The maximum atomic E-state index is 13.7. The highest BCUT2D eigenvalue weighted by Crippen LogP contribution is 2.35. The number of hydrogen-bond acceptors (Lipinski definition) is 4. The molecule has 1 aliphatic rings. The minimum atomic E-state index is -3.98. The van der Waals surface area contributed by atoms with Gasteiger partial charge in [0.1, 0.15) is 17.3 Å². The molecular weight excluding hydrogens is 429 g/mol. The average Bonchev–Trinajstić information content (AvgIpc) is 3.18. The van der Waals surface area contributed by atoms with Crippen LogP contribution in [0.3, 0.4) is 0 Å². The highest BCUT2D eigenvalue weighted by molar-refractivity contribution is 7.93. The lowest BCUT2D eigenvalue weighted by atomic mass is 10.2. The molecule has 3 aromatic carbocycles. The molecule has 0 amide bonds.